The van der Waals surface area contributed by atoms with Crippen LogP contribution in [0.2, 0.25) is 0 Å². The smallest absolute Gasteiger partial charge is 0.475 e. The molecule has 222 valence electrons. The second-order valence-electron chi connectivity index (χ2n) is 7.74. The van der Waals surface area contributed by atoms with E-state index >= 15 is 0 Å². The first-order valence-electron chi connectivity index (χ1n) is 10.6. The molecule has 3 rings (SSSR count). The van der Waals surface area contributed by atoms with Gasteiger partial charge in [-0.25, -0.2) is 9.59 Å². The first kappa shape index (κ1) is 32.2. The standard InChI is InChI=1S/C20H16F6N6O2.C2HF3O2/c21-19(22,23)11-5-12(20(24,25)26)7-14(6-11)31-18(34)30-13-3-1-2-10(4-13)8-28-15-9-29-32-16(15)17(27)33;3-2(4,5)1(6)7/h1-7,9,28H,8H2,(H2,27,33)(H,29,32)(H2,30,31,34);(H,6,7). The number of aromatic nitrogens is 2. The fourth-order valence-electron chi connectivity index (χ4n) is 2.89. The number of rotatable bonds is 6. The summed E-state index contributed by atoms with van der Waals surface area (Å²) in [6.45, 7) is 0.180. The molecule has 10 nitrogen and oxygen atoms in total. The number of aliphatic carboxylic acids is 1. The number of nitrogens with zero attached hydrogens (tertiary/aromatic N) is 1. The third-order valence-corrected chi connectivity index (χ3v) is 4.63. The van der Waals surface area contributed by atoms with Crippen molar-refractivity contribution in [2.45, 2.75) is 25.1 Å². The number of halogens is 9. The van der Waals surface area contributed by atoms with Gasteiger partial charge in [0.2, 0.25) is 0 Å². The highest BCUT2D eigenvalue weighted by molar-refractivity contribution is 6.00. The minimum Gasteiger partial charge on any atom is -0.475 e. The number of hydrogen-bond acceptors (Lipinski definition) is 5. The lowest BCUT2D eigenvalue weighted by molar-refractivity contribution is -0.192. The van der Waals surface area contributed by atoms with Crippen molar-refractivity contribution in [1.29, 1.82) is 0 Å². The molecule has 0 fully saturated rings. The summed E-state index contributed by atoms with van der Waals surface area (Å²) in [4.78, 5) is 32.4. The quantitative estimate of drug-likeness (QED) is 0.207. The second kappa shape index (κ2) is 12.5. The van der Waals surface area contributed by atoms with Crippen LogP contribution in [0.15, 0.2) is 48.7 Å². The van der Waals surface area contributed by atoms with Crippen molar-refractivity contribution < 1.29 is 59.0 Å². The summed E-state index contributed by atoms with van der Waals surface area (Å²) in [5.41, 5.74) is 2.56. The Morgan fingerprint density at radius 2 is 1.39 bits per heavy atom. The largest absolute Gasteiger partial charge is 0.490 e. The minimum absolute atomic E-state index is 0.00651. The lowest BCUT2D eigenvalue weighted by Crippen LogP contribution is -2.21. The van der Waals surface area contributed by atoms with Crippen molar-refractivity contribution >= 4 is 35.0 Å². The highest BCUT2D eigenvalue weighted by Gasteiger charge is 2.38. The number of nitrogens with one attached hydrogen (secondary N) is 4. The Kier molecular flexibility index (Phi) is 9.81. The molecule has 1 aromatic heterocycles. The van der Waals surface area contributed by atoms with E-state index in [0.29, 0.717) is 23.4 Å². The van der Waals surface area contributed by atoms with Gasteiger partial charge in [0.25, 0.3) is 5.91 Å². The third kappa shape index (κ3) is 9.93. The first-order chi connectivity index (χ1) is 18.8. The van der Waals surface area contributed by atoms with Crippen LogP contribution in [-0.2, 0) is 23.7 Å². The molecule has 0 saturated heterocycles. The predicted molar refractivity (Wildman–Crippen MR) is 124 cm³/mol. The minimum atomic E-state index is -5.08. The van der Waals surface area contributed by atoms with Crippen molar-refractivity contribution in [3.8, 4) is 0 Å². The van der Waals surface area contributed by atoms with Crippen LogP contribution < -0.4 is 21.7 Å². The van der Waals surface area contributed by atoms with E-state index < -0.39 is 53.3 Å². The normalized spacial score (nSPS) is 11.6. The molecule has 2 aromatic carbocycles. The molecule has 0 aliphatic carbocycles. The van der Waals surface area contributed by atoms with Gasteiger partial charge in [-0.3, -0.25) is 9.89 Å². The van der Waals surface area contributed by atoms with Gasteiger partial charge in [0.05, 0.1) is 16.8 Å². The van der Waals surface area contributed by atoms with Crippen LogP contribution in [-0.4, -0.2) is 39.4 Å². The average Bonchev–Trinajstić information content (AvgIpc) is 3.30. The fourth-order valence-corrected chi connectivity index (χ4v) is 2.89. The zero-order valence-electron chi connectivity index (χ0n) is 19.9. The third-order valence-electron chi connectivity index (χ3n) is 4.63. The van der Waals surface area contributed by atoms with Gasteiger partial charge in [0, 0.05) is 24.1 Å². The molecule has 1 heterocycles. The number of anilines is 3. The molecule has 19 heteroatoms. The van der Waals surface area contributed by atoms with Crippen LogP contribution in [0.3, 0.4) is 0 Å². The average molecular weight is 600 g/mol. The molecule has 3 aromatic rings. The maximum Gasteiger partial charge on any atom is 0.490 e. The zero-order valence-corrected chi connectivity index (χ0v) is 19.9. The maximum absolute atomic E-state index is 13.0. The maximum atomic E-state index is 13.0. The van der Waals surface area contributed by atoms with Crippen LogP contribution in [0.5, 0.6) is 0 Å². The monoisotopic (exact) mass is 600 g/mol. The zero-order chi connectivity index (χ0) is 31.2. The van der Waals surface area contributed by atoms with Crippen LogP contribution in [0, 0.1) is 0 Å². The number of carbonyl (C=O) groups excluding carboxylic acids is 2. The Morgan fingerprint density at radius 1 is 0.854 bits per heavy atom. The molecule has 7 N–H and O–H groups in total. The molecule has 0 unspecified atom stereocenters. The number of carbonyl (C=O) groups is 3. The summed E-state index contributed by atoms with van der Waals surface area (Å²) < 4.78 is 110. The Morgan fingerprint density at radius 3 is 1.88 bits per heavy atom. The number of alkyl halides is 9. The Bertz CT molecular complexity index is 1370. The molecule has 0 saturated carbocycles. The van der Waals surface area contributed by atoms with Crippen LogP contribution >= 0.6 is 0 Å². The predicted octanol–water partition coefficient (Wildman–Crippen LogP) is 5.44. The summed E-state index contributed by atoms with van der Waals surface area (Å²) in [6.07, 6.45) is -13.8. The van der Waals surface area contributed by atoms with E-state index in [9.17, 15) is 49.1 Å². The van der Waals surface area contributed by atoms with Gasteiger partial charge in [-0.1, -0.05) is 12.1 Å². The Hall–Kier alpha value is -4.97. The highest BCUT2D eigenvalue weighted by atomic mass is 19.4. The van der Waals surface area contributed by atoms with E-state index in [0.717, 1.165) is 0 Å². The highest BCUT2D eigenvalue weighted by Crippen LogP contribution is 2.37. The number of carboxylic acid groups (broad SMARTS) is 1. The van der Waals surface area contributed by atoms with Crippen molar-refractivity contribution in [1.82, 2.24) is 10.2 Å². The van der Waals surface area contributed by atoms with Crippen molar-refractivity contribution in [2.24, 2.45) is 5.73 Å². The van der Waals surface area contributed by atoms with E-state index in [1.165, 1.54) is 18.3 Å². The molecule has 0 aliphatic heterocycles. The number of H-pyrrole nitrogens is 1. The SMILES string of the molecule is NC(=O)c1n[nH]cc1NCc1cccc(NC(=O)Nc2cc(C(F)(F)F)cc(C(F)(F)F)c2)c1.O=C(O)C(F)(F)F. The molecule has 0 spiro atoms. The topological polar surface area (TPSA) is 162 Å². The first-order valence-corrected chi connectivity index (χ1v) is 10.6. The fraction of sp³-hybridized carbons (Fsp3) is 0.182. The van der Waals surface area contributed by atoms with E-state index in [1.54, 1.807) is 12.1 Å². The van der Waals surface area contributed by atoms with Crippen LogP contribution in [0.4, 0.5) is 61.4 Å². The number of aromatic amines is 1. The number of urea groups is 1. The molecule has 0 radical (unpaired) electrons. The van der Waals surface area contributed by atoms with E-state index in [2.05, 4.69) is 20.8 Å². The van der Waals surface area contributed by atoms with Gasteiger partial charge < -0.3 is 26.8 Å². The van der Waals surface area contributed by atoms with Crippen LogP contribution in [0.25, 0.3) is 0 Å². The summed E-state index contributed by atoms with van der Waals surface area (Å²) in [6, 6.07) is 5.90. The van der Waals surface area contributed by atoms with Crippen LogP contribution in [0.1, 0.15) is 27.2 Å². The van der Waals surface area contributed by atoms with Gasteiger partial charge in [0.1, 0.15) is 0 Å². The van der Waals surface area contributed by atoms with E-state index in [4.69, 9.17) is 15.6 Å². The van der Waals surface area contributed by atoms with Gasteiger partial charge >= 0.3 is 30.5 Å². The van der Waals surface area contributed by atoms with Gasteiger partial charge in [0.15, 0.2) is 5.69 Å². The summed E-state index contributed by atoms with van der Waals surface area (Å²) in [5, 5.41) is 20.5. The molecule has 0 bridgehead atoms. The molecular formula is C22H17F9N6O4. The van der Waals surface area contributed by atoms with E-state index in [1.807, 2.05) is 5.32 Å². The summed E-state index contributed by atoms with van der Waals surface area (Å²) in [5.74, 6) is -3.51. The number of benzene rings is 2. The number of nitrogens with two attached hydrogens (primary N) is 1. The summed E-state index contributed by atoms with van der Waals surface area (Å²) in [7, 11) is 0. The molecule has 0 atom stereocenters. The molecule has 0 aliphatic rings. The molecule has 3 amide bonds. The van der Waals surface area contributed by atoms with Crippen molar-refractivity contribution in [2.75, 3.05) is 16.0 Å². The lowest BCUT2D eigenvalue weighted by atomic mass is 10.1. The summed E-state index contributed by atoms with van der Waals surface area (Å²) >= 11 is 0. The van der Waals surface area contributed by atoms with Crippen molar-refractivity contribution in [3.05, 3.63) is 71.0 Å². The Balaban J connectivity index is 0.000000745. The molecular weight excluding hydrogens is 583 g/mol. The van der Waals surface area contributed by atoms with Gasteiger partial charge in [-0.05, 0) is 35.9 Å². The second-order valence-corrected chi connectivity index (χ2v) is 7.74. The van der Waals surface area contributed by atoms with E-state index in [-0.39, 0.29) is 24.0 Å². The Labute approximate surface area is 222 Å². The number of primary amides is 1. The van der Waals surface area contributed by atoms with Gasteiger partial charge in [-0.15, -0.1) is 0 Å². The van der Waals surface area contributed by atoms with Crippen molar-refractivity contribution in [3.63, 3.8) is 0 Å². The molecule has 41 heavy (non-hydrogen) atoms. The lowest BCUT2D eigenvalue weighted by Gasteiger charge is -2.15. The number of carboxylic acids is 1. The number of hydrogen-bond donors (Lipinski definition) is 6. The number of amides is 3. The van der Waals surface area contributed by atoms with Gasteiger partial charge in [-0.2, -0.15) is 44.6 Å².